The van der Waals surface area contributed by atoms with Crippen LogP contribution in [0.1, 0.15) is 23.6 Å². The molecule has 2 heterocycles. The summed E-state index contributed by atoms with van der Waals surface area (Å²) in [4.78, 5) is 31.7. The lowest BCUT2D eigenvalue weighted by Crippen LogP contribution is -2.31. The number of nitrogens with zero attached hydrogens (tertiary/aromatic N) is 3. The van der Waals surface area contributed by atoms with Gasteiger partial charge in [-0.2, -0.15) is 0 Å². The average molecular weight is 447 g/mol. The third-order valence-electron chi connectivity index (χ3n) is 5.69. The molecule has 1 saturated heterocycles. The average Bonchev–Trinajstić information content (AvgIpc) is 3.46. The molecule has 0 saturated carbocycles. The predicted octanol–water partition coefficient (Wildman–Crippen LogP) is 3.41. The van der Waals surface area contributed by atoms with E-state index in [1.165, 1.54) is 19.1 Å². The summed E-state index contributed by atoms with van der Waals surface area (Å²) in [5, 5.41) is 11.1. The third kappa shape index (κ3) is 4.32. The topological polar surface area (TPSA) is 93.9 Å². The summed E-state index contributed by atoms with van der Waals surface area (Å²) in [5.74, 6) is -0.553. The number of carbonyl (C=O) groups is 2. The Morgan fingerprint density at radius 1 is 1.03 bits per heavy atom. The first-order valence-electron chi connectivity index (χ1n) is 10.6. The highest BCUT2D eigenvalue weighted by Crippen LogP contribution is 2.42. The minimum atomic E-state index is -0.757. The van der Waals surface area contributed by atoms with Crippen molar-refractivity contribution in [2.75, 3.05) is 20.8 Å². The van der Waals surface area contributed by atoms with Crippen molar-refractivity contribution in [1.82, 2.24) is 14.5 Å². The Morgan fingerprint density at radius 3 is 2.45 bits per heavy atom. The number of imidazole rings is 1. The molecule has 3 aromatic rings. The highest BCUT2D eigenvalue weighted by molar-refractivity contribution is 6.46. The van der Waals surface area contributed by atoms with Crippen molar-refractivity contribution in [2.24, 2.45) is 0 Å². The molecule has 33 heavy (non-hydrogen) atoms. The van der Waals surface area contributed by atoms with Gasteiger partial charge in [0.05, 0.1) is 32.2 Å². The van der Waals surface area contributed by atoms with Crippen molar-refractivity contribution in [2.45, 2.75) is 19.0 Å². The van der Waals surface area contributed by atoms with E-state index in [4.69, 9.17) is 9.47 Å². The minimum absolute atomic E-state index is 0.0565. The van der Waals surface area contributed by atoms with Crippen LogP contribution in [0.25, 0.3) is 5.76 Å². The lowest BCUT2D eigenvalue weighted by molar-refractivity contribution is -0.139. The fraction of sp³-hybridized carbons (Fsp3) is 0.240. The molecule has 8 nitrogen and oxygen atoms in total. The van der Waals surface area contributed by atoms with Gasteiger partial charge in [0.1, 0.15) is 5.76 Å². The van der Waals surface area contributed by atoms with Crippen LogP contribution in [0.5, 0.6) is 11.5 Å². The van der Waals surface area contributed by atoms with E-state index < -0.39 is 17.7 Å². The lowest BCUT2D eigenvalue weighted by atomic mass is 9.95. The van der Waals surface area contributed by atoms with E-state index >= 15 is 0 Å². The van der Waals surface area contributed by atoms with Gasteiger partial charge in [-0.1, -0.05) is 36.4 Å². The Kier molecular flexibility index (Phi) is 6.44. The van der Waals surface area contributed by atoms with Crippen LogP contribution in [-0.4, -0.2) is 52.0 Å². The van der Waals surface area contributed by atoms with Gasteiger partial charge in [-0.3, -0.25) is 9.59 Å². The van der Waals surface area contributed by atoms with Gasteiger partial charge >= 0.3 is 0 Å². The molecule has 1 aliphatic heterocycles. The van der Waals surface area contributed by atoms with E-state index in [-0.39, 0.29) is 11.3 Å². The molecule has 1 aliphatic rings. The smallest absolute Gasteiger partial charge is 0.295 e. The quantitative estimate of drug-likeness (QED) is 0.323. The molecule has 0 bridgehead atoms. The Morgan fingerprint density at radius 2 is 1.79 bits per heavy atom. The molecule has 4 rings (SSSR count). The number of ether oxygens (including phenoxy) is 2. The number of methoxy groups -OCH3 is 2. The fourth-order valence-corrected chi connectivity index (χ4v) is 4.07. The SMILES string of the molecule is COc1ccc([C@H]2C(=C(O)c3ccccc3)C(=O)C(=O)N2CCCn2ccnc2)cc1OC. The Labute approximate surface area is 191 Å². The molecule has 1 N–H and O–H groups in total. The molecule has 0 radical (unpaired) electrons. The number of hydrogen-bond donors (Lipinski definition) is 1. The molecule has 2 aromatic carbocycles. The predicted molar refractivity (Wildman–Crippen MR) is 122 cm³/mol. The molecule has 8 heteroatoms. The van der Waals surface area contributed by atoms with Crippen LogP contribution in [0.2, 0.25) is 0 Å². The molecule has 0 aliphatic carbocycles. The molecule has 1 amide bonds. The highest BCUT2D eigenvalue weighted by Gasteiger charge is 2.46. The highest BCUT2D eigenvalue weighted by atomic mass is 16.5. The van der Waals surface area contributed by atoms with Crippen LogP contribution >= 0.6 is 0 Å². The molecule has 1 fully saturated rings. The number of carbonyl (C=O) groups excluding carboxylic acids is 2. The maximum atomic E-state index is 13.1. The zero-order chi connectivity index (χ0) is 23.4. The van der Waals surface area contributed by atoms with E-state index in [9.17, 15) is 14.7 Å². The first kappa shape index (κ1) is 22.1. The Hall–Kier alpha value is -4.07. The first-order chi connectivity index (χ1) is 16.0. The molecule has 0 unspecified atom stereocenters. The molecule has 0 spiro atoms. The van der Waals surface area contributed by atoms with Crippen LogP contribution in [0.4, 0.5) is 0 Å². The molecule has 1 aromatic heterocycles. The second-order valence-electron chi connectivity index (χ2n) is 7.63. The number of hydrogen-bond acceptors (Lipinski definition) is 6. The number of benzene rings is 2. The van der Waals surface area contributed by atoms with Gasteiger partial charge in [0.25, 0.3) is 11.7 Å². The van der Waals surface area contributed by atoms with Crippen molar-refractivity contribution in [3.63, 3.8) is 0 Å². The summed E-state index contributed by atoms with van der Waals surface area (Å²) in [6.45, 7) is 0.966. The van der Waals surface area contributed by atoms with E-state index in [2.05, 4.69) is 4.98 Å². The van der Waals surface area contributed by atoms with Crippen LogP contribution in [0, 0.1) is 0 Å². The van der Waals surface area contributed by atoms with Crippen molar-refractivity contribution in [1.29, 1.82) is 0 Å². The molecular formula is C25H25N3O5. The van der Waals surface area contributed by atoms with Gasteiger partial charge in [0, 0.05) is 31.0 Å². The number of aliphatic hydroxyl groups is 1. The second kappa shape index (κ2) is 9.60. The summed E-state index contributed by atoms with van der Waals surface area (Å²) >= 11 is 0. The monoisotopic (exact) mass is 447 g/mol. The van der Waals surface area contributed by atoms with E-state index in [1.807, 2.05) is 16.8 Å². The first-order valence-corrected chi connectivity index (χ1v) is 10.6. The summed E-state index contributed by atoms with van der Waals surface area (Å²) in [7, 11) is 3.06. The van der Waals surface area contributed by atoms with Crippen LogP contribution in [0.15, 0.2) is 72.8 Å². The lowest BCUT2D eigenvalue weighted by Gasteiger charge is -2.26. The zero-order valence-electron chi connectivity index (χ0n) is 18.5. The van der Waals surface area contributed by atoms with Gasteiger partial charge in [0.15, 0.2) is 11.5 Å². The summed E-state index contributed by atoms with van der Waals surface area (Å²) in [5.41, 5.74) is 1.17. The van der Waals surface area contributed by atoms with Crippen molar-refractivity contribution in [3.8, 4) is 11.5 Å². The normalized spacial score (nSPS) is 17.4. The van der Waals surface area contributed by atoms with Crippen molar-refractivity contribution < 1.29 is 24.2 Å². The maximum Gasteiger partial charge on any atom is 0.295 e. The van der Waals surface area contributed by atoms with Gasteiger partial charge in [-0.05, 0) is 24.1 Å². The summed E-state index contributed by atoms with van der Waals surface area (Å²) in [6, 6.07) is 13.2. The number of likely N-dealkylation sites (tertiary alicyclic amines) is 1. The number of aliphatic hydroxyl groups excluding tert-OH is 1. The maximum absolute atomic E-state index is 13.1. The standard InChI is InChI=1S/C25H25N3O5/c1-32-19-10-9-18(15-20(19)33-2)22-21(23(29)17-7-4-3-5-8-17)24(30)25(31)28(22)13-6-12-27-14-11-26-16-27/h3-5,7-11,14-16,22,29H,6,12-13H2,1-2H3/t22-/m0/s1. The number of Topliss-reactive ketones (excluding diaryl/α,β-unsaturated/α-hetero) is 1. The number of aryl methyl sites for hydroxylation is 1. The van der Waals surface area contributed by atoms with E-state index in [1.54, 1.807) is 55.0 Å². The summed E-state index contributed by atoms with van der Waals surface area (Å²) in [6.07, 6.45) is 5.85. The van der Waals surface area contributed by atoms with Gasteiger partial charge in [-0.15, -0.1) is 0 Å². The largest absolute Gasteiger partial charge is 0.507 e. The third-order valence-corrected chi connectivity index (χ3v) is 5.69. The number of aromatic nitrogens is 2. The van der Waals surface area contributed by atoms with Gasteiger partial charge in [0.2, 0.25) is 0 Å². The van der Waals surface area contributed by atoms with Crippen LogP contribution < -0.4 is 9.47 Å². The van der Waals surface area contributed by atoms with Gasteiger partial charge < -0.3 is 24.0 Å². The van der Waals surface area contributed by atoms with E-state index in [0.29, 0.717) is 42.1 Å². The van der Waals surface area contributed by atoms with E-state index in [0.717, 1.165) is 0 Å². The van der Waals surface area contributed by atoms with Gasteiger partial charge in [-0.25, -0.2) is 4.98 Å². The number of rotatable bonds is 8. The number of amides is 1. The fourth-order valence-electron chi connectivity index (χ4n) is 4.07. The number of ketones is 1. The zero-order valence-corrected chi connectivity index (χ0v) is 18.5. The second-order valence-corrected chi connectivity index (χ2v) is 7.63. The molecular weight excluding hydrogens is 422 g/mol. The Balaban J connectivity index is 1.76. The van der Waals surface area contributed by atoms with Crippen molar-refractivity contribution in [3.05, 3.63) is 84.0 Å². The summed E-state index contributed by atoms with van der Waals surface area (Å²) < 4.78 is 12.7. The Bertz CT molecular complexity index is 1170. The van der Waals surface area contributed by atoms with Crippen LogP contribution in [0.3, 0.4) is 0 Å². The van der Waals surface area contributed by atoms with Crippen molar-refractivity contribution >= 4 is 17.4 Å². The minimum Gasteiger partial charge on any atom is -0.507 e. The van der Waals surface area contributed by atoms with Crippen LogP contribution in [-0.2, 0) is 16.1 Å². The molecule has 1 atom stereocenters. The molecule has 170 valence electrons.